The fourth-order valence-electron chi connectivity index (χ4n) is 2.34. The van der Waals surface area contributed by atoms with Crippen LogP contribution in [-0.4, -0.2) is 19.2 Å². The van der Waals surface area contributed by atoms with Gasteiger partial charge in [-0.3, -0.25) is 0 Å². The fourth-order valence-corrected chi connectivity index (χ4v) is 2.34. The van der Waals surface area contributed by atoms with Crippen LogP contribution in [0, 0.1) is 0 Å². The summed E-state index contributed by atoms with van der Waals surface area (Å²) in [6.45, 7) is 0. The van der Waals surface area contributed by atoms with E-state index in [9.17, 15) is 9.59 Å². The molecule has 6 nitrogen and oxygen atoms in total. The van der Waals surface area contributed by atoms with Gasteiger partial charge in [0.2, 0.25) is 0 Å². The number of benzene rings is 2. The lowest BCUT2D eigenvalue weighted by molar-refractivity contribution is 0.0640. The molecule has 0 fully saturated rings. The van der Waals surface area contributed by atoms with Crippen molar-refractivity contribution in [2.24, 2.45) is 5.73 Å². The van der Waals surface area contributed by atoms with Crippen LogP contribution in [-0.2, 0) is 4.74 Å². The van der Waals surface area contributed by atoms with Gasteiger partial charge in [0.1, 0.15) is 22.7 Å². The van der Waals surface area contributed by atoms with Gasteiger partial charge >= 0.3 is 12.1 Å². The largest absolute Gasteiger partial charge is 0.497 e. The topological polar surface area (TPSA) is 91.8 Å². The Kier molecular flexibility index (Phi) is 3.72. The maximum Gasteiger partial charge on any atom is 0.412 e. The van der Waals surface area contributed by atoms with Crippen LogP contribution in [0.2, 0.25) is 0 Å². The van der Waals surface area contributed by atoms with E-state index in [0.717, 1.165) is 0 Å². The number of hydrogen-bond donors (Lipinski definition) is 1. The molecule has 2 N–H and O–H groups in total. The van der Waals surface area contributed by atoms with Crippen LogP contribution in [0.4, 0.5) is 4.79 Å². The van der Waals surface area contributed by atoms with Crippen molar-refractivity contribution in [3.8, 4) is 17.1 Å². The van der Waals surface area contributed by atoms with Crippen molar-refractivity contribution in [2.45, 2.75) is 0 Å². The van der Waals surface area contributed by atoms with Gasteiger partial charge in [-0.25, -0.2) is 9.59 Å². The molecular formula is C17H13NO5. The van der Waals surface area contributed by atoms with Crippen LogP contribution >= 0.6 is 0 Å². The van der Waals surface area contributed by atoms with Gasteiger partial charge in [-0.15, -0.1) is 0 Å². The van der Waals surface area contributed by atoms with Crippen LogP contribution in [0.3, 0.4) is 0 Å². The number of amides is 1. The van der Waals surface area contributed by atoms with E-state index in [4.69, 9.17) is 14.9 Å². The number of nitrogens with two attached hydrogens (primary N) is 1. The van der Waals surface area contributed by atoms with E-state index >= 15 is 0 Å². The van der Waals surface area contributed by atoms with Gasteiger partial charge in [-0.1, -0.05) is 30.3 Å². The predicted molar refractivity (Wildman–Crippen MR) is 83.2 cm³/mol. The number of carbonyl (C=O) groups is 2. The normalized spacial score (nSPS) is 10.5. The van der Waals surface area contributed by atoms with E-state index in [2.05, 4.69) is 4.74 Å². The molecule has 0 saturated carbocycles. The van der Waals surface area contributed by atoms with Crippen molar-refractivity contribution in [1.82, 2.24) is 0 Å². The highest BCUT2D eigenvalue weighted by atomic mass is 16.6. The number of ether oxygens (including phenoxy) is 2. The highest BCUT2D eigenvalue weighted by Gasteiger charge is 2.25. The highest BCUT2D eigenvalue weighted by molar-refractivity contribution is 6.11. The molecule has 116 valence electrons. The number of rotatable bonds is 3. The number of methoxy groups -OCH3 is 1. The van der Waals surface area contributed by atoms with E-state index < -0.39 is 12.1 Å². The third-order valence-corrected chi connectivity index (χ3v) is 3.33. The summed E-state index contributed by atoms with van der Waals surface area (Å²) in [6, 6.07) is 14.1. The summed E-state index contributed by atoms with van der Waals surface area (Å²) < 4.78 is 15.5. The minimum Gasteiger partial charge on any atom is -0.497 e. The zero-order chi connectivity index (χ0) is 16.4. The van der Waals surface area contributed by atoms with E-state index in [1.165, 1.54) is 7.11 Å². The van der Waals surface area contributed by atoms with Gasteiger partial charge in [0.05, 0.1) is 7.11 Å². The Labute approximate surface area is 131 Å². The summed E-state index contributed by atoms with van der Waals surface area (Å²) in [5.74, 6) is -0.0190. The van der Waals surface area contributed by atoms with Crippen LogP contribution in [0.15, 0.2) is 52.9 Å². The Bertz CT molecular complexity index is 883. The third-order valence-electron chi connectivity index (χ3n) is 3.33. The Morgan fingerprint density at radius 1 is 1.09 bits per heavy atom. The smallest absolute Gasteiger partial charge is 0.412 e. The molecule has 0 aliphatic rings. The second-order valence-corrected chi connectivity index (χ2v) is 4.74. The highest BCUT2D eigenvalue weighted by Crippen LogP contribution is 2.35. The van der Waals surface area contributed by atoms with Crippen LogP contribution < -0.4 is 10.5 Å². The number of furan rings is 1. The molecule has 0 bridgehead atoms. The lowest BCUT2D eigenvalue weighted by atomic mass is 10.1. The zero-order valence-electron chi connectivity index (χ0n) is 12.2. The van der Waals surface area contributed by atoms with Crippen molar-refractivity contribution >= 4 is 23.0 Å². The van der Waals surface area contributed by atoms with E-state index in [1.807, 2.05) is 18.2 Å². The first-order valence-electron chi connectivity index (χ1n) is 6.77. The van der Waals surface area contributed by atoms with Gasteiger partial charge < -0.3 is 19.6 Å². The summed E-state index contributed by atoms with van der Waals surface area (Å²) >= 11 is 0. The zero-order valence-corrected chi connectivity index (χ0v) is 12.2. The maximum atomic E-state index is 12.3. The van der Waals surface area contributed by atoms with Gasteiger partial charge in [0, 0.05) is 10.9 Å². The third kappa shape index (κ3) is 2.74. The molecule has 0 spiro atoms. The van der Waals surface area contributed by atoms with Crippen LogP contribution in [0.25, 0.3) is 22.3 Å². The van der Waals surface area contributed by atoms with E-state index in [0.29, 0.717) is 28.0 Å². The molecule has 3 rings (SSSR count). The lowest BCUT2D eigenvalue weighted by Gasteiger charge is -2.02. The van der Waals surface area contributed by atoms with Gasteiger partial charge in [0.25, 0.3) is 0 Å². The molecule has 0 aliphatic carbocycles. The fraction of sp³-hybridized carbons (Fsp3) is 0.0588. The van der Waals surface area contributed by atoms with Crippen LogP contribution in [0.1, 0.15) is 10.4 Å². The number of carbonyl (C=O) groups excluding carboxylic acids is 2. The first kappa shape index (κ1) is 14.6. The average Bonchev–Trinajstić information content (AvgIpc) is 2.93. The maximum absolute atomic E-state index is 12.3. The SMILES string of the molecule is COc1ccc2oc(-c3ccccc3)c(C(=O)OC(N)=O)c2c1. The molecule has 2 aromatic carbocycles. The molecule has 0 saturated heterocycles. The summed E-state index contributed by atoms with van der Waals surface area (Å²) in [7, 11) is 1.51. The molecule has 1 aromatic heterocycles. The molecule has 0 radical (unpaired) electrons. The molecular weight excluding hydrogens is 298 g/mol. The van der Waals surface area contributed by atoms with E-state index in [1.54, 1.807) is 30.3 Å². The standard InChI is InChI=1S/C17H13NO5/c1-21-11-7-8-13-12(9-11)14(16(19)23-17(18)20)15(22-13)10-5-3-2-4-6-10/h2-9H,1H3,(H2,18,20). The molecule has 0 unspecified atom stereocenters. The number of fused-ring (bicyclic) bond motifs is 1. The molecule has 1 heterocycles. The average molecular weight is 311 g/mol. The molecule has 23 heavy (non-hydrogen) atoms. The van der Waals surface area contributed by atoms with E-state index in [-0.39, 0.29) is 5.56 Å². The number of hydrogen-bond acceptors (Lipinski definition) is 5. The van der Waals surface area contributed by atoms with Crippen molar-refractivity contribution in [3.05, 3.63) is 54.1 Å². The second-order valence-electron chi connectivity index (χ2n) is 4.74. The Morgan fingerprint density at radius 2 is 1.83 bits per heavy atom. The van der Waals surface area contributed by atoms with Gasteiger partial charge in [-0.2, -0.15) is 0 Å². The second kappa shape index (κ2) is 5.84. The molecule has 0 aliphatic heterocycles. The minimum atomic E-state index is -1.17. The van der Waals surface area contributed by atoms with Crippen molar-refractivity contribution in [2.75, 3.05) is 7.11 Å². The molecule has 6 heteroatoms. The minimum absolute atomic E-state index is 0.129. The number of esters is 1. The Morgan fingerprint density at radius 3 is 2.48 bits per heavy atom. The summed E-state index contributed by atoms with van der Waals surface area (Å²) in [4.78, 5) is 23.2. The summed E-state index contributed by atoms with van der Waals surface area (Å²) in [6.07, 6.45) is -1.17. The van der Waals surface area contributed by atoms with Crippen molar-refractivity contribution < 1.29 is 23.5 Å². The monoisotopic (exact) mass is 311 g/mol. The molecule has 1 amide bonds. The summed E-state index contributed by atoms with van der Waals surface area (Å²) in [5, 5.41) is 0.481. The molecule has 3 aromatic rings. The van der Waals surface area contributed by atoms with Gasteiger partial charge in [-0.05, 0) is 18.2 Å². The predicted octanol–water partition coefficient (Wildman–Crippen LogP) is 3.34. The Balaban J connectivity index is 2.26. The molecule has 0 atom stereocenters. The quantitative estimate of drug-likeness (QED) is 0.591. The summed E-state index contributed by atoms with van der Waals surface area (Å²) in [5.41, 5.74) is 6.23. The first-order chi connectivity index (χ1) is 11.1. The van der Waals surface area contributed by atoms with Crippen molar-refractivity contribution in [3.63, 3.8) is 0 Å². The number of primary amides is 1. The van der Waals surface area contributed by atoms with Gasteiger partial charge in [0.15, 0.2) is 0 Å². The van der Waals surface area contributed by atoms with Crippen molar-refractivity contribution in [1.29, 1.82) is 0 Å². The Hall–Kier alpha value is -3.28. The lowest BCUT2D eigenvalue weighted by Crippen LogP contribution is -2.18. The first-order valence-corrected chi connectivity index (χ1v) is 6.77. The van der Waals surface area contributed by atoms with Crippen LogP contribution in [0.5, 0.6) is 5.75 Å².